The van der Waals surface area contributed by atoms with Gasteiger partial charge in [-0.25, -0.2) is 13.9 Å². The Bertz CT molecular complexity index is 1650. The summed E-state index contributed by atoms with van der Waals surface area (Å²) in [5.74, 6) is -1.17. The quantitative estimate of drug-likeness (QED) is 0.199. The summed E-state index contributed by atoms with van der Waals surface area (Å²) in [4.78, 5) is 19.3. The van der Waals surface area contributed by atoms with Crippen molar-refractivity contribution in [2.24, 2.45) is 0 Å². The lowest BCUT2D eigenvalue weighted by molar-refractivity contribution is 0.0707. The molecule has 9 heteroatoms. The van der Waals surface area contributed by atoms with E-state index in [4.69, 9.17) is 0 Å². The number of hydroxylamine groups is 1. The molecule has 0 aliphatic rings. The molecule has 0 saturated carbocycles. The minimum absolute atomic E-state index is 0.140. The maximum Gasteiger partial charge on any atom is 0.276 e. The Hall–Kier alpha value is -4.05. The standard InChI is InChI=1S/C28H23N3O4S2/c1-19-6-4-9-24(28(32)30-33)27(19)31(22-8-5-15-29-17-22)18-37(34,35)23-13-11-20(12-14-23)26-16-21-7-2-3-10-25(21)36-26/h2-17,33H,18H2,1H3,(H,30,32). The monoisotopic (exact) mass is 529 g/mol. The number of hydrogen-bond donors (Lipinski definition) is 2. The molecule has 0 fully saturated rings. The molecular weight excluding hydrogens is 506 g/mol. The summed E-state index contributed by atoms with van der Waals surface area (Å²) in [6.07, 6.45) is 3.12. The number of aromatic nitrogens is 1. The van der Waals surface area contributed by atoms with Gasteiger partial charge in [-0.2, -0.15) is 0 Å². The molecule has 2 heterocycles. The molecule has 37 heavy (non-hydrogen) atoms. The van der Waals surface area contributed by atoms with Crippen LogP contribution in [0.15, 0.2) is 102 Å². The lowest BCUT2D eigenvalue weighted by Gasteiger charge is -2.28. The number of amides is 1. The van der Waals surface area contributed by atoms with Gasteiger partial charge in [0.05, 0.1) is 28.0 Å². The van der Waals surface area contributed by atoms with Gasteiger partial charge in [-0.05, 0) is 65.9 Å². The number of para-hydroxylation sites is 1. The molecule has 7 nitrogen and oxygen atoms in total. The average Bonchev–Trinajstić information content (AvgIpc) is 3.36. The van der Waals surface area contributed by atoms with Crippen LogP contribution >= 0.6 is 11.3 Å². The van der Waals surface area contributed by atoms with Crippen LogP contribution in [0.25, 0.3) is 20.5 Å². The van der Waals surface area contributed by atoms with Crippen LogP contribution in [-0.2, 0) is 9.84 Å². The van der Waals surface area contributed by atoms with Gasteiger partial charge in [0.25, 0.3) is 5.91 Å². The van der Waals surface area contributed by atoms with Gasteiger partial charge in [0.1, 0.15) is 5.88 Å². The number of benzene rings is 3. The molecule has 0 radical (unpaired) electrons. The molecular formula is C28H23N3O4S2. The van der Waals surface area contributed by atoms with Gasteiger partial charge in [0.15, 0.2) is 9.84 Å². The lowest BCUT2D eigenvalue weighted by atomic mass is 10.1. The van der Waals surface area contributed by atoms with Crippen molar-refractivity contribution in [2.75, 3.05) is 10.8 Å². The molecule has 5 rings (SSSR count). The second-order valence-corrected chi connectivity index (χ2v) is 11.5. The zero-order chi connectivity index (χ0) is 26.0. The predicted molar refractivity (Wildman–Crippen MR) is 146 cm³/mol. The second-order valence-electron chi connectivity index (χ2n) is 8.47. The summed E-state index contributed by atoms with van der Waals surface area (Å²) in [6.45, 7) is 1.78. The van der Waals surface area contributed by atoms with E-state index in [1.165, 1.54) is 21.9 Å². The third-order valence-electron chi connectivity index (χ3n) is 6.03. The Labute approximate surface area is 218 Å². The molecule has 5 aromatic rings. The highest BCUT2D eigenvalue weighted by molar-refractivity contribution is 7.91. The highest BCUT2D eigenvalue weighted by Gasteiger charge is 2.26. The van der Waals surface area contributed by atoms with Crippen LogP contribution in [0, 0.1) is 6.92 Å². The molecule has 1 amide bonds. The Kier molecular flexibility index (Phi) is 6.75. The van der Waals surface area contributed by atoms with Crippen LogP contribution in [0.4, 0.5) is 11.4 Å². The molecule has 0 spiro atoms. The first kappa shape index (κ1) is 24.6. The molecule has 0 saturated heterocycles. The summed E-state index contributed by atoms with van der Waals surface area (Å²) in [5.41, 5.74) is 4.26. The van der Waals surface area contributed by atoms with Gasteiger partial charge in [-0.1, -0.05) is 42.5 Å². The summed E-state index contributed by atoms with van der Waals surface area (Å²) in [5, 5.41) is 10.4. The van der Waals surface area contributed by atoms with E-state index in [0.717, 1.165) is 15.8 Å². The number of carbonyl (C=O) groups excluding carboxylic acids is 1. The van der Waals surface area contributed by atoms with E-state index in [9.17, 15) is 18.4 Å². The normalized spacial score (nSPS) is 11.4. The number of anilines is 2. The van der Waals surface area contributed by atoms with E-state index in [1.807, 2.05) is 24.3 Å². The second kappa shape index (κ2) is 10.1. The van der Waals surface area contributed by atoms with Gasteiger partial charge in [0, 0.05) is 15.8 Å². The number of hydrogen-bond acceptors (Lipinski definition) is 7. The number of rotatable bonds is 7. The van der Waals surface area contributed by atoms with Crippen molar-refractivity contribution in [1.29, 1.82) is 0 Å². The van der Waals surface area contributed by atoms with Gasteiger partial charge < -0.3 is 4.90 Å². The van der Waals surface area contributed by atoms with Gasteiger partial charge >= 0.3 is 0 Å². The maximum atomic E-state index is 13.6. The van der Waals surface area contributed by atoms with E-state index >= 15 is 0 Å². The number of nitrogens with zero attached hydrogens (tertiary/aromatic N) is 2. The number of nitrogens with one attached hydrogen (secondary N) is 1. The Morgan fingerprint density at radius 2 is 1.78 bits per heavy atom. The molecule has 2 N–H and O–H groups in total. The number of sulfone groups is 1. The lowest BCUT2D eigenvalue weighted by Crippen LogP contribution is -2.29. The topological polar surface area (TPSA) is 99.6 Å². The van der Waals surface area contributed by atoms with E-state index in [1.54, 1.807) is 66.3 Å². The van der Waals surface area contributed by atoms with Crippen molar-refractivity contribution in [3.05, 3.63) is 108 Å². The highest BCUT2D eigenvalue weighted by Crippen LogP contribution is 2.35. The van der Waals surface area contributed by atoms with Gasteiger partial charge in [-0.15, -0.1) is 11.3 Å². The molecule has 0 bridgehead atoms. The fourth-order valence-corrected chi connectivity index (χ4v) is 6.62. The third-order valence-corrected chi connectivity index (χ3v) is 8.79. The van der Waals surface area contributed by atoms with Crippen molar-refractivity contribution in [1.82, 2.24) is 10.5 Å². The fraction of sp³-hybridized carbons (Fsp3) is 0.0714. The van der Waals surface area contributed by atoms with Crippen molar-refractivity contribution < 1.29 is 18.4 Å². The SMILES string of the molecule is Cc1cccc(C(=O)NO)c1N(CS(=O)(=O)c1ccc(-c2cc3ccccc3s2)cc1)c1cccnc1. The minimum atomic E-state index is -3.84. The summed E-state index contributed by atoms with van der Waals surface area (Å²) in [6, 6.07) is 25.4. The predicted octanol–water partition coefficient (Wildman–Crippen LogP) is 5.96. The Morgan fingerprint density at radius 1 is 1.00 bits per heavy atom. The molecule has 186 valence electrons. The minimum Gasteiger partial charge on any atom is -0.324 e. The number of carbonyl (C=O) groups is 1. The first-order valence-corrected chi connectivity index (χ1v) is 13.9. The van der Waals surface area contributed by atoms with Crippen molar-refractivity contribution >= 4 is 48.5 Å². The summed E-state index contributed by atoms with van der Waals surface area (Å²) in [7, 11) is -3.84. The Balaban J connectivity index is 1.52. The van der Waals surface area contributed by atoms with Crippen molar-refractivity contribution in [3.8, 4) is 10.4 Å². The van der Waals surface area contributed by atoms with Crippen molar-refractivity contribution in [2.45, 2.75) is 11.8 Å². The maximum absolute atomic E-state index is 13.6. The molecule has 0 atom stereocenters. The largest absolute Gasteiger partial charge is 0.324 e. The number of pyridine rings is 1. The van der Waals surface area contributed by atoms with Crippen LogP contribution in [0.3, 0.4) is 0 Å². The third kappa shape index (κ3) is 4.97. The van der Waals surface area contributed by atoms with Crippen LogP contribution in [0.1, 0.15) is 15.9 Å². The van der Waals surface area contributed by atoms with Crippen molar-refractivity contribution in [3.63, 3.8) is 0 Å². The van der Waals surface area contributed by atoms with Crippen LogP contribution in [-0.4, -0.2) is 30.4 Å². The average molecular weight is 530 g/mol. The summed E-state index contributed by atoms with van der Waals surface area (Å²) < 4.78 is 28.4. The zero-order valence-corrected chi connectivity index (χ0v) is 21.5. The van der Waals surface area contributed by atoms with Gasteiger partial charge in [-0.3, -0.25) is 15.0 Å². The first-order valence-electron chi connectivity index (χ1n) is 11.4. The molecule has 0 unspecified atom stereocenters. The molecule has 0 aliphatic heterocycles. The van der Waals surface area contributed by atoms with E-state index in [0.29, 0.717) is 16.9 Å². The van der Waals surface area contributed by atoms with Crippen LogP contribution < -0.4 is 10.4 Å². The van der Waals surface area contributed by atoms with E-state index in [-0.39, 0.29) is 10.5 Å². The Morgan fingerprint density at radius 3 is 2.49 bits per heavy atom. The van der Waals surface area contributed by atoms with E-state index in [2.05, 4.69) is 23.2 Å². The van der Waals surface area contributed by atoms with Crippen LogP contribution in [0.5, 0.6) is 0 Å². The smallest absolute Gasteiger partial charge is 0.276 e. The number of thiophene rings is 1. The van der Waals surface area contributed by atoms with Gasteiger partial charge in [0.2, 0.25) is 0 Å². The zero-order valence-electron chi connectivity index (χ0n) is 19.8. The molecule has 3 aromatic carbocycles. The number of fused-ring (bicyclic) bond motifs is 1. The van der Waals surface area contributed by atoms with Crippen LogP contribution in [0.2, 0.25) is 0 Å². The number of aryl methyl sites for hydroxylation is 1. The fourth-order valence-electron chi connectivity index (χ4n) is 4.24. The molecule has 0 aliphatic carbocycles. The van der Waals surface area contributed by atoms with E-state index < -0.39 is 21.6 Å². The molecule has 2 aromatic heterocycles. The summed E-state index contributed by atoms with van der Waals surface area (Å²) >= 11 is 1.65. The highest BCUT2D eigenvalue weighted by atomic mass is 32.2. The first-order chi connectivity index (χ1) is 17.9.